The van der Waals surface area contributed by atoms with E-state index in [0.29, 0.717) is 6.42 Å². The van der Waals surface area contributed by atoms with Gasteiger partial charge >= 0.3 is 6.09 Å². The molecule has 2 rings (SSSR count). The van der Waals surface area contributed by atoms with E-state index in [1.165, 1.54) is 0 Å². The molecule has 1 aliphatic heterocycles. The number of Topliss-reactive ketones (excluding diaryl/α,β-unsaturated/α-hetero) is 1. The molecule has 126 valence electrons. The lowest BCUT2D eigenvalue weighted by molar-refractivity contribution is -0.130. The van der Waals surface area contributed by atoms with Crippen LogP contribution in [0.5, 0.6) is 0 Å². The summed E-state index contributed by atoms with van der Waals surface area (Å²) in [4.78, 5) is 24.1. The van der Waals surface area contributed by atoms with Crippen molar-refractivity contribution >= 4 is 11.9 Å². The minimum Gasteiger partial charge on any atom is -0.445 e. The van der Waals surface area contributed by atoms with E-state index in [9.17, 15) is 14.7 Å². The molecule has 1 aliphatic rings. The van der Waals surface area contributed by atoms with Crippen LogP contribution in [0.25, 0.3) is 0 Å². The summed E-state index contributed by atoms with van der Waals surface area (Å²) in [5.74, 6) is -0.266. The van der Waals surface area contributed by atoms with Gasteiger partial charge in [-0.2, -0.15) is 0 Å². The van der Waals surface area contributed by atoms with Gasteiger partial charge in [0, 0.05) is 0 Å². The lowest BCUT2D eigenvalue weighted by Crippen LogP contribution is -2.51. The van der Waals surface area contributed by atoms with Crippen LogP contribution in [0.3, 0.4) is 0 Å². The topological polar surface area (TPSA) is 87.7 Å². The molecule has 0 aliphatic carbocycles. The maximum atomic E-state index is 12.2. The SMILES string of the molecule is CC[C@@H](NC(=O)OCc1ccccc1)C(O)C(=O)[C@@H]1CCCN1. The second kappa shape index (κ2) is 8.64. The van der Waals surface area contributed by atoms with Crippen molar-refractivity contribution in [3.05, 3.63) is 35.9 Å². The van der Waals surface area contributed by atoms with Crippen molar-refractivity contribution in [3.63, 3.8) is 0 Å². The molecule has 6 nitrogen and oxygen atoms in total. The van der Waals surface area contributed by atoms with E-state index >= 15 is 0 Å². The van der Waals surface area contributed by atoms with Crippen molar-refractivity contribution in [1.29, 1.82) is 0 Å². The van der Waals surface area contributed by atoms with E-state index in [-0.39, 0.29) is 18.4 Å². The standard InChI is InChI=1S/C17H24N2O4/c1-2-13(15(20)16(21)14-9-6-10-18-14)19-17(22)23-11-12-7-4-3-5-8-12/h3-5,7-8,13-15,18,20H,2,6,9-11H2,1H3,(H,19,22)/t13-,14+,15?/m1/s1. The van der Waals surface area contributed by atoms with Gasteiger partial charge in [-0.1, -0.05) is 37.3 Å². The summed E-state index contributed by atoms with van der Waals surface area (Å²) < 4.78 is 5.13. The fourth-order valence-corrected chi connectivity index (χ4v) is 2.65. The number of nitrogens with one attached hydrogen (secondary N) is 2. The van der Waals surface area contributed by atoms with Gasteiger partial charge in [0.15, 0.2) is 5.78 Å². The van der Waals surface area contributed by atoms with Crippen LogP contribution in [0.15, 0.2) is 30.3 Å². The highest BCUT2D eigenvalue weighted by Crippen LogP contribution is 2.11. The molecule has 1 heterocycles. The van der Waals surface area contributed by atoms with Gasteiger partial charge in [-0.05, 0) is 31.4 Å². The number of rotatable bonds is 7. The molecule has 6 heteroatoms. The molecule has 3 atom stereocenters. The molecular formula is C17H24N2O4. The third-order valence-electron chi connectivity index (χ3n) is 4.03. The molecule has 1 fully saturated rings. The Labute approximate surface area is 136 Å². The Balaban J connectivity index is 1.82. The summed E-state index contributed by atoms with van der Waals surface area (Å²) in [6.45, 7) is 2.74. The Morgan fingerprint density at radius 2 is 2.13 bits per heavy atom. The van der Waals surface area contributed by atoms with E-state index in [4.69, 9.17) is 4.74 Å². The van der Waals surface area contributed by atoms with Crippen molar-refractivity contribution in [2.45, 2.75) is 51.0 Å². The second-order valence-electron chi connectivity index (χ2n) is 5.72. The molecule has 1 unspecified atom stereocenters. The number of carbonyl (C=O) groups excluding carboxylic acids is 2. The van der Waals surface area contributed by atoms with Crippen LogP contribution in [0.1, 0.15) is 31.7 Å². The number of alkyl carbamates (subject to hydrolysis) is 1. The molecule has 3 N–H and O–H groups in total. The second-order valence-corrected chi connectivity index (χ2v) is 5.72. The highest BCUT2D eigenvalue weighted by atomic mass is 16.5. The molecule has 1 saturated heterocycles. The smallest absolute Gasteiger partial charge is 0.407 e. The number of benzene rings is 1. The highest BCUT2D eigenvalue weighted by molar-refractivity contribution is 5.89. The van der Waals surface area contributed by atoms with Gasteiger partial charge in [-0.3, -0.25) is 4.79 Å². The van der Waals surface area contributed by atoms with E-state index < -0.39 is 18.2 Å². The molecule has 0 radical (unpaired) electrons. The van der Waals surface area contributed by atoms with Gasteiger partial charge in [0.2, 0.25) is 0 Å². The van der Waals surface area contributed by atoms with Crippen LogP contribution in [0.2, 0.25) is 0 Å². The largest absolute Gasteiger partial charge is 0.445 e. The van der Waals surface area contributed by atoms with E-state index in [1.54, 1.807) is 6.92 Å². The fourth-order valence-electron chi connectivity index (χ4n) is 2.65. The maximum Gasteiger partial charge on any atom is 0.407 e. The van der Waals surface area contributed by atoms with E-state index in [1.807, 2.05) is 30.3 Å². The van der Waals surface area contributed by atoms with Gasteiger partial charge in [-0.15, -0.1) is 0 Å². The molecule has 0 spiro atoms. The first-order valence-electron chi connectivity index (χ1n) is 8.04. The summed E-state index contributed by atoms with van der Waals surface area (Å²) in [6, 6.07) is 8.36. The number of amides is 1. The van der Waals surface area contributed by atoms with Gasteiger partial charge in [0.05, 0.1) is 12.1 Å². The molecular weight excluding hydrogens is 296 g/mol. The number of aliphatic hydroxyl groups is 1. The first kappa shape index (κ1) is 17.4. The lowest BCUT2D eigenvalue weighted by atomic mass is 9.98. The summed E-state index contributed by atoms with van der Waals surface area (Å²) in [6.07, 6.45) is 0.240. The zero-order valence-electron chi connectivity index (χ0n) is 13.3. The van der Waals surface area contributed by atoms with Crippen molar-refractivity contribution < 1.29 is 19.4 Å². The van der Waals surface area contributed by atoms with Crippen LogP contribution in [0, 0.1) is 0 Å². The molecule has 1 aromatic rings. The lowest BCUT2D eigenvalue weighted by Gasteiger charge is -2.23. The van der Waals surface area contributed by atoms with Crippen molar-refractivity contribution in [2.24, 2.45) is 0 Å². The third kappa shape index (κ3) is 5.04. The maximum absolute atomic E-state index is 12.2. The average molecular weight is 320 g/mol. The summed E-state index contributed by atoms with van der Waals surface area (Å²) in [5, 5.41) is 15.9. The Bertz CT molecular complexity index is 515. The Morgan fingerprint density at radius 1 is 1.39 bits per heavy atom. The summed E-state index contributed by atoms with van der Waals surface area (Å²) in [5.41, 5.74) is 0.877. The first-order chi connectivity index (χ1) is 11.1. The first-order valence-corrected chi connectivity index (χ1v) is 8.04. The van der Waals surface area contributed by atoms with Crippen LogP contribution < -0.4 is 10.6 Å². The van der Waals surface area contributed by atoms with Crippen LogP contribution in [0.4, 0.5) is 4.79 Å². The molecule has 1 aromatic carbocycles. The van der Waals surface area contributed by atoms with Crippen LogP contribution >= 0.6 is 0 Å². The molecule has 0 aromatic heterocycles. The monoisotopic (exact) mass is 320 g/mol. The zero-order valence-corrected chi connectivity index (χ0v) is 13.3. The highest BCUT2D eigenvalue weighted by Gasteiger charge is 2.33. The number of ether oxygens (including phenoxy) is 1. The Morgan fingerprint density at radius 3 is 2.74 bits per heavy atom. The summed E-state index contributed by atoms with van der Waals surface area (Å²) >= 11 is 0. The zero-order chi connectivity index (χ0) is 16.7. The average Bonchev–Trinajstić information content (AvgIpc) is 3.12. The Hall–Kier alpha value is -1.92. The van der Waals surface area contributed by atoms with E-state index in [0.717, 1.165) is 24.9 Å². The fraction of sp³-hybridized carbons (Fsp3) is 0.529. The predicted octanol–water partition coefficient (Wildman–Crippen LogP) is 1.37. The van der Waals surface area contributed by atoms with Gasteiger partial charge in [-0.25, -0.2) is 4.79 Å². The van der Waals surface area contributed by atoms with Gasteiger partial charge < -0.3 is 20.5 Å². The van der Waals surface area contributed by atoms with Crippen LogP contribution in [-0.4, -0.2) is 41.7 Å². The molecule has 0 bridgehead atoms. The van der Waals surface area contributed by atoms with Crippen molar-refractivity contribution in [3.8, 4) is 0 Å². The number of aliphatic hydroxyl groups excluding tert-OH is 1. The number of hydrogen-bond donors (Lipinski definition) is 3. The number of carbonyl (C=O) groups is 2. The number of ketones is 1. The van der Waals surface area contributed by atoms with Crippen molar-refractivity contribution in [2.75, 3.05) is 6.54 Å². The third-order valence-corrected chi connectivity index (χ3v) is 4.03. The number of hydrogen-bond acceptors (Lipinski definition) is 5. The Kier molecular flexibility index (Phi) is 6.55. The van der Waals surface area contributed by atoms with Gasteiger partial charge in [0.25, 0.3) is 0 Å². The minimum absolute atomic E-state index is 0.150. The minimum atomic E-state index is -1.22. The normalized spacial score (nSPS) is 19.8. The quantitative estimate of drug-likeness (QED) is 0.706. The molecule has 0 saturated carbocycles. The molecule has 23 heavy (non-hydrogen) atoms. The predicted molar refractivity (Wildman–Crippen MR) is 85.9 cm³/mol. The van der Waals surface area contributed by atoms with Crippen molar-refractivity contribution in [1.82, 2.24) is 10.6 Å². The molecule has 1 amide bonds. The van der Waals surface area contributed by atoms with Crippen LogP contribution in [-0.2, 0) is 16.1 Å². The van der Waals surface area contributed by atoms with E-state index in [2.05, 4.69) is 10.6 Å². The van der Waals surface area contributed by atoms with Gasteiger partial charge in [0.1, 0.15) is 12.7 Å². The summed E-state index contributed by atoms with van der Waals surface area (Å²) in [7, 11) is 0.